The van der Waals surface area contributed by atoms with Crippen LogP contribution in [-0.4, -0.2) is 11.9 Å². The number of rotatable bonds is 11. The van der Waals surface area contributed by atoms with Crippen molar-refractivity contribution in [2.45, 2.75) is 83.2 Å². The lowest BCUT2D eigenvalue weighted by Gasteiger charge is -2.17. The van der Waals surface area contributed by atoms with E-state index in [1.54, 1.807) is 0 Å². The Morgan fingerprint density at radius 3 is 2.30 bits per heavy atom. The highest BCUT2D eigenvalue weighted by Crippen LogP contribution is 2.34. The molecule has 0 saturated heterocycles. The Morgan fingerprint density at radius 1 is 1.00 bits per heavy atom. The molecule has 0 aliphatic heterocycles. The normalized spacial score (nSPS) is 16.8. The molecule has 1 aliphatic carbocycles. The van der Waals surface area contributed by atoms with Crippen molar-refractivity contribution in [3.05, 3.63) is 35.4 Å². The van der Waals surface area contributed by atoms with Crippen molar-refractivity contribution < 1.29 is 4.74 Å². The summed E-state index contributed by atoms with van der Waals surface area (Å²) in [6.07, 6.45) is 13.7. The lowest BCUT2D eigenvalue weighted by Crippen LogP contribution is -2.07. The van der Waals surface area contributed by atoms with Gasteiger partial charge in [0.2, 0.25) is 0 Å². The van der Waals surface area contributed by atoms with Crippen molar-refractivity contribution in [3.63, 3.8) is 0 Å². The van der Waals surface area contributed by atoms with Crippen LogP contribution in [0.5, 0.6) is 0 Å². The first-order valence-corrected chi connectivity index (χ1v) is 10.7. The number of hydrogen-bond acceptors (Lipinski definition) is 1. The van der Waals surface area contributed by atoms with E-state index < -0.39 is 0 Å². The van der Waals surface area contributed by atoms with Crippen molar-refractivity contribution in [1.29, 1.82) is 0 Å². The third kappa shape index (κ3) is 6.58. The van der Waals surface area contributed by atoms with Crippen LogP contribution in [0.4, 0.5) is 0 Å². The molecule has 0 heterocycles. The van der Waals surface area contributed by atoms with Gasteiger partial charge in [0.25, 0.3) is 0 Å². The van der Waals surface area contributed by atoms with E-state index >= 15 is 0 Å². The van der Waals surface area contributed by atoms with Crippen molar-refractivity contribution in [3.8, 4) is 0 Å². The molecule has 0 aromatic heterocycles. The summed E-state index contributed by atoms with van der Waals surface area (Å²) in [5.41, 5.74) is 2.84. The van der Waals surface area contributed by atoms with Gasteiger partial charge in [-0.2, -0.15) is 0 Å². The monoisotopic (exact) mass is 380 g/mol. The summed E-state index contributed by atoms with van der Waals surface area (Å²) in [5.74, 6) is 0.801. The quantitative estimate of drug-likeness (QED) is 0.292. The molecular formula is C21H33BrO. The summed E-state index contributed by atoms with van der Waals surface area (Å²) in [5, 5.41) is 0.881. The molecule has 0 amide bonds. The number of alkyl halides is 1. The zero-order chi connectivity index (χ0) is 16.3. The molecular weight excluding hydrogens is 348 g/mol. The van der Waals surface area contributed by atoms with Crippen LogP contribution in [-0.2, 0) is 4.74 Å². The van der Waals surface area contributed by atoms with Gasteiger partial charge in [-0.05, 0) is 36.3 Å². The Bertz CT molecular complexity index is 408. The smallest absolute Gasteiger partial charge is 0.0921 e. The van der Waals surface area contributed by atoms with Crippen molar-refractivity contribution >= 4 is 15.9 Å². The first-order valence-electron chi connectivity index (χ1n) is 9.62. The molecule has 1 aromatic rings. The van der Waals surface area contributed by atoms with E-state index in [0.717, 1.165) is 17.9 Å². The minimum absolute atomic E-state index is 0.197. The van der Waals surface area contributed by atoms with Gasteiger partial charge in [0, 0.05) is 11.9 Å². The van der Waals surface area contributed by atoms with Crippen molar-refractivity contribution in [2.24, 2.45) is 0 Å². The van der Waals surface area contributed by atoms with Crippen LogP contribution in [0.3, 0.4) is 0 Å². The third-order valence-electron chi connectivity index (χ3n) is 5.09. The summed E-state index contributed by atoms with van der Waals surface area (Å²) in [6, 6.07) is 9.21. The predicted molar refractivity (Wildman–Crippen MR) is 104 cm³/mol. The molecule has 2 rings (SSSR count). The SMILES string of the molecule is CCCCCCCCOC(CBr)c1ccc(C2CCCC2)cc1. The average Bonchev–Trinajstić information content (AvgIpc) is 3.12. The molecule has 1 nitrogen and oxygen atoms in total. The fourth-order valence-corrected chi connectivity index (χ4v) is 4.14. The summed E-state index contributed by atoms with van der Waals surface area (Å²) in [7, 11) is 0. The number of ether oxygens (including phenoxy) is 1. The van der Waals surface area contributed by atoms with Crippen LogP contribution in [0.2, 0.25) is 0 Å². The van der Waals surface area contributed by atoms with Crippen LogP contribution in [0.15, 0.2) is 24.3 Å². The van der Waals surface area contributed by atoms with Gasteiger partial charge in [0.15, 0.2) is 0 Å². The molecule has 1 saturated carbocycles. The van der Waals surface area contributed by atoms with Crippen LogP contribution >= 0.6 is 15.9 Å². The second kappa shape index (κ2) is 11.3. The van der Waals surface area contributed by atoms with Crippen molar-refractivity contribution in [1.82, 2.24) is 0 Å². The molecule has 0 bridgehead atoms. The van der Waals surface area contributed by atoms with Gasteiger partial charge < -0.3 is 4.74 Å². The molecule has 130 valence electrons. The van der Waals surface area contributed by atoms with Crippen LogP contribution in [0.25, 0.3) is 0 Å². The van der Waals surface area contributed by atoms with Gasteiger partial charge in [-0.25, -0.2) is 0 Å². The predicted octanol–water partition coefficient (Wildman–Crippen LogP) is 7.16. The Labute approximate surface area is 151 Å². The first-order chi connectivity index (χ1) is 11.3. The maximum atomic E-state index is 6.10. The molecule has 1 aromatic carbocycles. The fourth-order valence-electron chi connectivity index (χ4n) is 3.58. The molecule has 1 atom stereocenters. The second-order valence-corrected chi connectivity index (χ2v) is 7.58. The summed E-state index contributed by atoms with van der Waals surface area (Å²) < 4.78 is 6.10. The lowest BCUT2D eigenvalue weighted by molar-refractivity contribution is 0.0667. The van der Waals surface area contributed by atoms with Gasteiger partial charge in [0.1, 0.15) is 0 Å². The van der Waals surface area contributed by atoms with Crippen LogP contribution < -0.4 is 0 Å². The minimum atomic E-state index is 0.197. The zero-order valence-electron chi connectivity index (χ0n) is 14.7. The molecule has 1 aliphatic rings. The van der Waals surface area contributed by atoms with Gasteiger partial charge >= 0.3 is 0 Å². The number of hydrogen-bond donors (Lipinski definition) is 0. The maximum Gasteiger partial charge on any atom is 0.0921 e. The Morgan fingerprint density at radius 2 is 1.65 bits per heavy atom. The van der Waals surface area contributed by atoms with Crippen LogP contribution in [0.1, 0.15) is 94.3 Å². The minimum Gasteiger partial charge on any atom is -0.373 e. The standard InChI is InChI=1S/C21H33BrO/c1-2-3-4-5-6-9-16-23-21(17-22)20-14-12-19(13-15-20)18-10-7-8-11-18/h12-15,18,21H,2-11,16-17H2,1H3. The number of benzene rings is 1. The Kier molecular flexibility index (Phi) is 9.29. The van der Waals surface area contributed by atoms with Crippen LogP contribution in [0, 0.1) is 0 Å². The highest BCUT2D eigenvalue weighted by atomic mass is 79.9. The molecule has 0 radical (unpaired) electrons. The first kappa shape index (κ1) is 19.0. The number of unbranched alkanes of at least 4 members (excludes halogenated alkanes) is 5. The lowest BCUT2D eigenvalue weighted by atomic mass is 9.96. The van der Waals surface area contributed by atoms with E-state index in [4.69, 9.17) is 4.74 Å². The highest BCUT2D eigenvalue weighted by Gasteiger charge is 2.17. The van der Waals surface area contributed by atoms with Gasteiger partial charge in [-0.1, -0.05) is 92.1 Å². The largest absolute Gasteiger partial charge is 0.373 e. The second-order valence-electron chi connectivity index (χ2n) is 6.93. The average molecular weight is 381 g/mol. The summed E-state index contributed by atoms with van der Waals surface area (Å²) >= 11 is 3.62. The topological polar surface area (TPSA) is 9.23 Å². The Hall–Kier alpha value is -0.340. The van der Waals surface area contributed by atoms with E-state index in [2.05, 4.69) is 47.1 Å². The molecule has 1 fully saturated rings. The summed E-state index contributed by atoms with van der Waals surface area (Å²) in [6.45, 7) is 3.15. The van der Waals surface area contributed by atoms with E-state index in [1.165, 1.54) is 75.3 Å². The highest BCUT2D eigenvalue weighted by molar-refractivity contribution is 9.09. The van der Waals surface area contributed by atoms with E-state index in [1.807, 2.05) is 0 Å². The van der Waals surface area contributed by atoms with E-state index in [0.29, 0.717) is 0 Å². The van der Waals surface area contributed by atoms with Gasteiger partial charge in [0.05, 0.1) is 6.10 Å². The fraction of sp³-hybridized carbons (Fsp3) is 0.714. The zero-order valence-corrected chi connectivity index (χ0v) is 16.3. The number of halogens is 1. The maximum absolute atomic E-state index is 6.10. The Balaban J connectivity index is 1.72. The van der Waals surface area contributed by atoms with Gasteiger partial charge in [-0.15, -0.1) is 0 Å². The van der Waals surface area contributed by atoms with Crippen molar-refractivity contribution in [2.75, 3.05) is 11.9 Å². The molecule has 2 heteroatoms. The molecule has 0 spiro atoms. The molecule has 0 N–H and O–H groups in total. The molecule has 1 unspecified atom stereocenters. The molecule has 23 heavy (non-hydrogen) atoms. The van der Waals surface area contributed by atoms with E-state index in [9.17, 15) is 0 Å². The summed E-state index contributed by atoms with van der Waals surface area (Å²) in [4.78, 5) is 0. The third-order valence-corrected chi connectivity index (χ3v) is 5.68. The van der Waals surface area contributed by atoms with Gasteiger partial charge in [-0.3, -0.25) is 0 Å². The van der Waals surface area contributed by atoms with E-state index in [-0.39, 0.29) is 6.10 Å².